The number of ether oxygens (including phenoxy) is 1. The quantitative estimate of drug-likeness (QED) is 0.626. The Bertz CT molecular complexity index is 632. The fourth-order valence-electron chi connectivity index (χ4n) is 2.11. The first kappa shape index (κ1) is 17.3. The van der Waals surface area contributed by atoms with E-state index in [-0.39, 0.29) is 6.10 Å². The minimum Gasteiger partial charge on any atom is -0.491 e. The molecule has 2 N–H and O–H groups in total. The molecule has 0 saturated heterocycles. The topological polar surface area (TPSA) is 45.7 Å². The van der Waals surface area contributed by atoms with Crippen LogP contribution >= 0.6 is 11.3 Å². The molecule has 5 heteroatoms. The van der Waals surface area contributed by atoms with Crippen molar-refractivity contribution < 1.29 is 4.74 Å². The van der Waals surface area contributed by atoms with E-state index in [1.165, 1.54) is 16.0 Å². The highest BCUT2D eigenvalue weighted by Crippen LogP contribution is 2.15. The van der Waals surface area contributed by atoms with Gasteiger partial charge in [0.2, 0.25) is 0 Å². The molecular weight excluding hydrogens is 306 g/mol. The smallest absolute Gasteiger partial charge is 0.191 e. The van der Waals surface area contributed by atoms with Gasteiger partial charge in [0.15, 0.2) is 5.96 Å². The molecule has 0 atom stereocenters. The molecule has 0 unspecified atom stereocenters. The van der Waals surface area contributed by atoms with Crippen LogP contribution in [-0.2, 0) is 13.1 Å². The first-order valence-corrected chi connectivity index (χ1v) is 8.69. The zero-order chi connectivity index (χ0) is 16.7. The standard InChI is InChI=1S/C18H25N3OS/c1-13(2)22-16-7-5-15(6-8-16)11-20-18(19-4)21-12-17-14(3)9-10-23-17/h5-10,13H,11-12H2,1-4H3,(H2,19,20,21). The van der Waals surface area contributed by atoms with Crippen LogP contribution in [0, 0.1) is 6.92 Å². The molecule has 1 aromatic heterocycles. The highest BCUT2D eigenvalue weighted by atomic mass is 32.1. The van der Waals surface area contributed by atoms with E-state index in [1.54, 1.807) is 18.4 Å². The van der Waals surface area contributed by atoms with Crippen LogP contribution in [0.1, 0.15) is 29.9 Å². The molecule has 0 aliphatic carbocycles. The SMILES string of the molecule is CN=C(NCc1ccc(OC(C)C)cc1)NCc1sccc1C. The number of nitrogens with one attached hydrogen (secondary N) is 2. The van der Waals surface area contributed by atoms with Crippen LogP contribution < -0.4 is 15.4 Å². The van der Waals surface area contributed by atoms with Crippen LogP contribution in [0.3, 0.4) is 0 Å². The maximum absolute atomic E-state index is 5.65. The van der Waals surface area contributed by atoms with E-state index < -0.39 is 0 Å². The lowest BCUT2D eigenvalue weighted by Gasteiger charge is -2.13. The summed E-state index contributed by atoms with van der Waals surface area (Å²) in [4.78, 5) is 5.60. The molecule has 0 radical (unpaired) electrons. The molecule has 0 spiro atoms. The van der Waals surface area contributed by atoms with Gasteiger partial charge in [-0.05, 0) is 55.5 Å². The average Bonchev–Trinajstić information content (AvgIpc) is 2.94. The molecule has 0 saturated carbocycles. The van der Waals surface area contributed by atoms with Crippen LogP contribution in [0.5, 0.6) is 5.75 Å². The summed E-state index contributed by atoms with van der Waals surface area (Å²) in [6, 6.07) is 10.3. The Kier molecular flexibility index (Phi) is 6.47. The highest BCUT2D eigenvalue weighted by molar-refractivity contribution is 7.10. The van der Waals surface area contributed by atoms with Crippen molar-refractivity contribution in [3.8, 4) is 5.75 Å². The summed E-state index contributed by atoms with van der Waals surface area (Å²) in [5.41, 5.74) is 2.51. The largest absolute Gasteiger partial charge is 0.491 e. The second-order valence-electron chi connectivity index (χ2n) is 5.62. The third-order valence-corrected chi connectivity index (χ3v) is 4.39. The molecular formula is C18H25N3OS. The zero-order valence-corrected chi connectivity index (χ0v) is 15.0. The van der Waals surface area contributed by atoms with Crippen LogP contribution in [-0.4, -0.2) is 19.1 Å². The van der Waals surface area contributed by atoms with Crippen LogP contribution in [0.4, 0.5) is 0 Å². The molecule has 4 nitrogen and oxygen atoms in total. The third-order valence-electron chi connectivity index (χ3n) is 3.36. The van der Waals surface area contributed by atoms with Crippen LogP contribution in [0.2, 0.25) is 0 Å². The lowest BCUT2D eigenvalue weighted by atomic mass is 10.2. The van der Waals surface area contributed by atoms with E-state index in [2.05, 4.69) is 46.1 Å². The van der Waals surface area contributed by atoms with Crippen LogP contribution in [0.15, 0.2) is 40.7 Å². The number of guanidine groups is 1. The van der Waals surface area contributed by atoms with Crippen molar-refractivity contribution in [2.45, 2.75) is 40.0 Å². The van der Waals surface area contributed by atoms with Crippen molar-refractivity contribution in [2.24, 2.45) is 4.99 Å². The second-order valence-corrected chi connectivity index (χ2v) is 6.62. The fraction of sp³-hybridized carbons (Fsp3) is 0.389. The number of hydrogen-bond acceptors (Lipinski definition) is 3. The maximum atomic E-state index is 5.65. The lowest BCUT2D eigenvalue weighted by Crippen LogP contribution is -2.36. The van der Waals surface area contributed by atoms with Crippen molar-refractivity contribution in [2.75, 3.05) is 7.05 Å². The number of aryl methyl sites for hydroxylation is 1. The number of thiophene rings is 1. The van der Waals surface area contributed by atoms with Gasteiger partial charge in [-0.3, -0.25) is 4.99 Å². The molecule has 23 heavy (non-hydrogen) atoms. The lowest BCUT2D eigenvalue weighted by molar-refractivity contribution is 0.242. The molecule has 0 aliphatic heterocycles. The van der Waals surface area contributed by atoms with Crippen molar-refractivity contribution in [3.63, 3.8) is 0 Å². The van der Waals surface area contributed by atoms with Crippen molar-refractivity contribution in [1.29, 1.82) is 0 Å². The number of rotatable bonds is 6. The summed E-state index contributed by atoms with van der Waals surface area (Å²) in [5, 5.41) is 8.79. The first-order chi connectivity index (χ1) is 11.1. The van der Waals surface area contributed by atoms with E-state index in [4.69, 9.17) is 4.74 Å². The molecule has 0 amide bonds. The van der Waals surface area contributed by atoms with Crippen molar-refractivity contribution >= 4 is 17.3 Å². The zero-order valence-electron chi connectivity index (χ0n) is 14.2. The van der Waals surface area contributed by atoms with Gasteiger partial charge in [-0.1, -0.05) is 12.1 Å². The molecule has 0 aliphatic rings. The van der Waals surface area contributed by atoms with Gasteiger partial charge in [0.1, 0.15) is 5.75 Å². The Labute approximate surface area is 142 Å². The predicted molar refractivity (Wildman–Crippen MR) is 98.3 cm³/mol. The summed E-state index contributed by atoms with van der Waals surface area (Å²) in [5.74, 6) is 1.71. The van der Waals surface area contributed by atoms with Gasteiger partial charge in [0.05, 0.1) is 12.6 Å². The average molecular weight is 331 g/mol. The molecule has 0 fully saturated rings. The first-order valence-electron chi connectivity index (χ1n) is 7.81. The Balaban J connectivity index is 1.82. The van der Waals surface area contributed by atoms with Gasteiger partial charge in [0, 0.05) is 18.5 Å². The monoisotopic (exact) mass is 331 g/mol. The minimum atomic E-state index is 0.197. The number of aliphatic imine (C=N–C) groups is 1. The van der Waals surface area contributed by atoms with Crippen molar-refractivity contribution in [1.82, 2.24) is 10.6 Å². The molecule has 0 bridgehead atoms. The number of benzene rings is 1. The van der Waals surface area contributed by atoms with Gasteiger partial charge < -0.3 is 15.4 Å². The normalized spacial score (nSPS) is 11.6. The third kappa shape index (κ3) is 5.60. The molecule has 2 rings (SSSR count). The van der Waals surface area contributed by atoms with Gasteiger partial charge in [0.25, 0.3) is 0 Å². The molecule has 1 heterocycles. The Morgan fingerprint density at radius 3 is 2.39 bits per heavy atom. The van der Waals surface area contributed by atoms with Gasteiger partial charge in [-0.15, -0.1) is 11.3 Å². The highest BCUT2D eigenvalue weighted by Gasteiger charge is 2.03. The predicted octanol–water partition coefficient (Wildman–Crippen LogP) is 3.71. The Morgan fingerprint density at radius 2 is 1.83 bits per heavy atom. The van der Waals surface area contributed by atoms with Crippen LogP contribution in [0.25, 0.3) is 0 Å². The summed E-state index contributed by atoms with van der Waals surface area (Å²) in [6.07, 6.45) is 0.197. The Hall–Kier alpha value is -2.01. The summed E-state index contributed by atoms with van der Waals surface area (Å²) < 4.78 is 5.65. The van der Waals surface area contributed by atoms with Gasteiger partial charge in [-0.2, -0.15) is 0 Å². The summed E-state index contributed by atoms with van der Waals surface area (Å²) in [7, 11) is 1.79. The van der Waals surface area contributed by atoms with E-state index in [9.17, 15) is 0 Å². The molecule has 124 valence electrons. The van der Waals surface area contributed by atoms with Gasteiger partial charge in [-0.25, -0.2) is 0 Å². The van der Waals surface area contributed by atoms with E-state index >= 15 is 0 Å². The number of hydrogen-bond donors (Lipinski definition) is 2. The summed E-state index contributed by atoms with van der Waals surface area (Å²) >= 11 is 1.76. The molecule has 1 aromatic carbocycles. The fourth-order valence-corrected chi connectivity index (χ4v) is 2.96. The van der Waals surface area contributed by atoms with E-state index in [1.807, 2.05) is 26.0 Å². The summed E-state index contributed by atoms with van der Waals surface area (Å²) in [6.45, 7) is 7.71. The van der Waals surface area contributed by atoms with Gasteiger partial charge >= 0.3 is 0 Å². The molecule has 2 aromatic rings. The second kappa shape index (κ2) is 8.58. The number of nitrogens with zero attached hydrogens (tertiary/aromatic N) is 1. The minimum absolute atomic E-state index is 0.197. The maximum Gasteiger partial charge on any atom is 0.191 e. The Morgan fingerprint density at radius 1 is 1.13 bits per heavy atom. The van der Waals surface area contributed by atoms with Crippen molar-refractivity contribution in [3.05, 3.63) is 51.7 Å². The van der Waals surface area contributed by atoms with E-state index in [0.29, 0.717) is 0 Å². The van der Waals surface area contributed by atoms with E-state index in [0.717, 1.165) is 24.8 Å².